The van der Waals surface area contributed by atoms with Crippen molar-refractivity contribution in [2.75, 3.05) is 26.2 Å². The molecule has 0 aromatic rings. The molecule has 4 heteroatoms. The van der Waals surface area contributed by atoms with Gasteiger partial charge in [-0.1, -0.05) is 18.2 Å². The van der Waals surface area contributed by atoms with Crippen LogP contribution >= 0.6 is 0 Å². The van der Waals surface area contributed by atoms with E-state index in [1.807, 2.05) is 0 Å². The minimum Gasteiger partial charge on any atom is -0.456 e. The number of hydrogen-bond donors (Lipinski definition) is 1. The van der Waals surface area contributed by atoms with E-state index in [0.29, 0.717) is 0 Å². The summed E-state index contributed by atoms with van der Waals surface area (Å²) in [6.07, 6.45) is 11.8. The summed E-state index contributed by atoms with van der Waals surface area (Å²) in [5, 5.41) is 3.32. The second-order valence-corrected chi connectivity index (χ2v) is 4.57. The molecule has 0 unspecified atom stereocenters. The number of allylic oxidation sites excluding steroid dienone is 4. The number of rotatable bonds is 2. The van der Waals surface area contributed by atoms with Crippen molar-refractivity contribution in [3.8, 4) is 0 Å². The molecule has 3 aliphatic rings. The van der Waals surface area contributed by atoms with E-state index in [9.17, 15) is 0 Å². The van der Waals surface area contributed by atoms with Crippen molar-refractivity contribution < 1.29 is 9.47 Å². The Morgan fingerprint density at radius 2 is 2.00 bits per heavy atom. The third kappa shape index (κ3) is 2.43. The van der Waals surface area contributed by atoms with Crippen LogP contribution in [0.25, 0.3) is 0 Å². The van der Waals surface area contributed by atoms with Gasteiger partial charge in [-0.15, -0.1) is 0 Å². The summed E-state index contributed by atoms with van der Waals surface area (Å²) in [7, 11) is 0. The largest absolute Gasteiger partial charge is 0.456 e. The quantitative estimate of drug-likeness (QED) is 0.806. The van der Waals surface area contributed by atoms with Crippen molar-refractivity contribution in [1.82, 2.24) is 10.2 Å². The second kappa shape index (κ2) is 5.31. The van der Waals surface area contributed by atoms with Crippen molar-refractivity contribution in [1.29, 1.82) is 0 Å². The molecule has 0 radical (unpaired) electrons. The molecule has 18 heavy (non-hydrogen) atoms. The van der Waals surface area contributed by atoms with E-state index in [1.165, 1.54) is 5.57 Å². The topological polar surface area (TPSA) is 33.7 Å². The highest BCUT2D eigenvalue weighted by Gasteiger charge is 2.19. The SMILES string of the molecule is C1=CCCC(C2=COC(N3CCNCC3)=CO2)=C1. The standard InChI is InChI=1S/C14H18N2O2/c1-2-4-12(5-3-1)13-10-18-14(11-17-13)16-8-6-15-7-9-16/h1-2,4,10-11,15H,3,5-9H2. The number of piperazine rings is 1. The van der Waals surface area contributed by atoms with Crippen LogP contribution in [0.4, 0.5) is 0 Å². The first-order chi connectivity index (χ1) is 8.93. The first-order valence-corrected chi connectivity index (χ1v) is 6.49. The van der Waals surface area contributed by atoms with Gasteiger partial charge >= 0.3 is 0 Å². The van der Waals surface area contributed by atoms with Gasteiger partial charge in [-0.25, -0.2) is 0 Å². The molecule has 0 aromatic heterocycles. The van der Waals surface area contributed by atoms with E-state index in [2.05, 4.69) is 28.4 Å². The molecule has 1 N–H and O–H groups in total. The van der Waals surface area contributed by atoms with Crippen molar-refractivity contribution >= 4 is 0 Å². The van der Waals surface area contributed by atoms with Crippen molar-refractivity contribution in [2.24, 2.45) is 0 Å². The Kier molecular flexibility index (Phi) is 3.37. The van der Waals surface area contributed by atoms with Crippen LogP contribution in [0, 0.1) is 0 Å². The average Bonchev–Trinajstić information content (AvgIpc) is 2.49. The molecule has 2 aliphatic heterocycles. The number of nitrogens with one attached hydrogen (secondary N) is 1. The molecule has 0 bridgehead atoms. The maximum absolute atomic E-state index is 5.69. The molecule has 0 aromatic carbocycles. The Morgan fingerprint density at radius 1 is 1.11 bits per heavy atom. The minimum absolute atomic E-state index is 0.812. The lowest BCUT2D eigenvalue weighted by Crippen LogP contribution is -2.43. The maximum Gasteiger partial charge on any atom is 0.231 e. The van der Waals surface area contributed by atoms with Crippen LogP contribution in [0.15, 0.2) is 48.0 Å². The maximum atomic E-state index is 5.69. The van der Waals surface area contributed by atoms with Gasteiger partial charge in [0.2, 0.25) is 5.88 Å². The summed E-state index contributed by atoms with van der Waals surface area (Å²) in [4.78, 5) is 2.19. The van der Waals surface area contributed by atoms with Crippen LogP contribution in [0.5, 0.6) is 0 Å². The van der Waals surface area contributed by atoms with Crippen molar-refractivity contribution in [3.05, 3.63) is 48.0 Å². The summed E-state index contributed by atoms with van der Waals surface area (Å²) >= 11 is 0. The summed E-state index contributed by atoms with van der Waals surface area (Å²) in [6.45, 7) is 3.91. The Balaban J connectivity index is 1.62. The van der Waals surface area contributed by atoms with Crippen LogP contribution in [0.3, 0.4) is 0 Å². The molecular weight excluding hydrogens is 228 g/mol. The van der Waals surface area contributed by atoms with Gasteiger partial charge in [0.05, 0.1) is 0 Å². The Labute approximate surface area is 107 Å². The highest BCUT2D eigenvalue weighted by atomic mass is 16.6. The van der Waals surface area contributed by atoms with Gasteiger partial charge in [0.25, 0.3) is 0 Å². The molecular formula is C14H18N2O2. The number of ether oxygens (including phenoxy) is 2. The van der Waals surface area contributed by atoms with Crippen molar-refractivity contribution in [2.45, 2.75) is 12.8 Å². The molecule has 0 amide bonds. The molecule has 2 heterocycles. The summed E-state index contributed by atoms with van der Waals surface area (Å²) in [5.41, 5.74) is 1.20. The van der Waals surface area contributed by atoms with Gasteiger partial charge in [0.1, 0.15) is 6.26 Å². The van der Waals surface area contributed by atoms with Crippen LogP contribution in [-0.2, 0) is 9.47 Å². The third-order valence-corrected chi connectivity index (χ3v) is 3.33. The summed E-state index contributed by atoms with van der Waals surface area (Å²) < 4.78 is 11.4. The van der Waals surface area contributed by atoms with Gasteiger partial charge in [-0.05, 0) is 18.4 Å². The fourth-order valence-electron chi connectivity index (χ4n) is 2.28. The van der Waals surface area contributed by atoms with Gasteiger partial charge in [0.15, 0.2) is 12.0 Å². The summed E-state index contributed by atoms with van der Waals surface area (Å²) in [5.74, 6) is 1.64. The Morgan fingerprint density at radius 3 is 2.67 bits per heavy atom. The zero-order valence-corrected chi connectivity index (χ0v) is 10.4. The zero-order valence-electron chi connectivity index (χ0n) is 10.4. The lowest BCUT2D eigenvalue weighted by molar-refractivity contribution is 0.125. The molecule has 0 atom stereocenters. The molecule has 1 fully saturated rings. The normalized spacial score (nSPS) is 23.6. The first kappa shape index (κ1) is 11.4. The Hall–Kier alpha value is -1.68. The monoisotopic (exact) mass is 246 g/mol. The fraction of sp³-hybridized carbons (Fsp3) is 0.429. The van der Waals surface area contributed by atoms with Gasteiger partial charge in [-0.2, -0.15) is 0 Å². The van der Waals surface area contributed by atoms with E-state index in [1.54, 1.807) is 12.5 Å². The third-order valence-electron chi connectivity index (χ3n) is 3.33. The number of hydrogen-bond acceptors (Lipinski definition) is 4. The van der Waals surface area contributed by atoms with Gasteiger partial charge in [0, 0.05) is 26.2 Å². The number of nitrogens with zero attached hydrogens (tertiary/aromatic N) is 1. The van der Waals surface area contributed by atoms with Gasteiger partial charge in [-0.3, -0.25) is 0 Å². The molecule has 1 saturated heterocycles. The fourth-order valence-corrected chi connectivity index (χ4v) is 2.28. The van der Waals surface area contributed by atoms with Crippen molar-refractivity contribution in [3.63, 3.8) is 0 Å². The lowest BCUT2D eigenvalue weighted by Gasteiger charge is -2.31. The molecule has 0 saturated carbocycles. The average molecular weight is 246 g/mol. The molecule has 1 aliphatic carbocycles. The molecule has 3 rings (SSSR count). The second-order valence-electron chi connectivity index (χ2n) is 4.57. The molecule has 0 spiro atoms. The van der Waals surface area contributed by atoms with Crippen LogP contribution in [-0.4, -0.2) is 31.1 Å². The van der Waals surface area contributed by atoms with Crippen LogP contribution in [0.1, 0.15) is 12.8 Å². The van der Waals surface area contributed by atoms with Crippen LogP contribution in [0.2, 0.25) is 0 Å². The van der Waals surface area contributed by atoms with Crippen LogP contribution < -0.4 is 5.32 Å². The highest BCUT2D eigenvalue weighted by molar-refractivity contribution is 5.32. The van der Waals surface area contributed by atoms with E-state index in [0.717, 1.165) is 50.7 Å². The van der Waals surface area contributed by atoms with E-state index < -0.39 is 0 Å². The predicted molar refractivity (Wildman–Crippen MR) is 69.2 cm³/mol. The van der Waals surface area contributed by atoms with Gasteiger partial charge < -0.3 is 19.7 Å². The molecule has 96 valence electrons. The predicted octanol–water partition coefficient (Wildman–Crippen LogP) is 1.86. The van der Waals surface area contributed by atoms with E-state index >= 15 is 0 Å². The first-order valence-electron chi connectivity index (χ1n) is 6.49. The molecule has 4 nitrogen and oxygen atoms in total. The lowest BCUT2D eigenvalue weighted by atomic mass is 10.0. The minimum atomic E-state index is 0.812. The summed E-state index contributed by atoms with van der Waals surface area (Å²) in [6, 6.07) is 0. The zero-order chi connectivity index (χ0) is 12.2. The van der Waals surface area contributed by atoms with E-state index in [-0.39, 0.29) is 0 Å². The highest BCUT2D eigenvalue weighted by Crippen LogP contribution is 2.25. The van der Waals surface area contributed by atoms with E-state index in [4.69, 9.17) is 9.47 Å². The smallest absolute Gasteiger partial charge is 0.231 e. The Bertz CT molecular complexity index is 429.